The molecule has 0 amide bonds. The van der Waals surface area contributed by atoms with Gasteiger partial charge in [0.05, 0.1) is 30.2 Å². The lowest BCUT2D eigenvalue weighted by Gasteiger charge is -1.95. The number of imidazole rings is 1. The lowest BCUT2D eigenvalue weighted by atomic mass is 10.2. The summed E-state index contributed by atoms with van der Waals surface area (Å²) in [5.41, 5.74) is 1.78. The van der Waals surface area contributed by atoms with Gasteiger partial charge >= 0.3 is 0 Å². The molecule has 2 heterocycles. The molecule has 0 aliphatic heterocycles. The van der Waals surface area contributed by atoms with Crippen LogP contribution in [0.25, 0.3) is 16.2 Å². The second kappa shape index (κ2) is 8.87. The number of benzene rings is 1. The van der Waals surface area contributed by atoms with Gasteiger partial charge in [0, 0.05) is 5.56 Å². The lowest BCUT2D eigenvalue weighted by Crippen LogP contribution is -2.09. The Labute approximate surface area is 173 Å². The first-order chi connectivity index (χ1) is 13.3. The Hall–Kier alpha value is -1.87. The number of hydrogen-bond acceptors (Lipinski definition) is 10. The molecule has 0 fully saturated rings. The van der Waals surface area contributed by atoms with Gasteiger partial charge in [-0.25, -0.2) is 17.9 Å². The van der Waals surface area contributed by atoms with Gasteiger partial charge in [0.1, 0.15) is 0 Å². The number of aromatic nitrogens is 3. The Morgan fingerprint density at radius 1 is 1.00 bits per heavy atom. The average molecular weight is 482 g/mol. The molecule has 0 saturated carbocycles. The van der Waals surface area contributed by atoms with Gasteiger partial charge in [-0.2, -0.15) is 16.8 Å². The van der Waals surface area contributed by atoms with E-state index in [1.807, 2.05) is 37.3 Å². The minimum Gasteiger partial charge on any atom is -0.221 e. The zero-order chi connectivity index (χ0) is 21.9. The van der Waals surface area contributed by atoms with Gasteiger partial charge in [0.2, 0.25) is 19.1 Å². The summed E-state index contributed by atoms with van der Waals surface area (Å²) in [4.78, 5) is 5.03. The van der Waals surface area contributed by atoms with Crippen molar-refractivity contribution in [3.8, 4) is 11.3 Å². The molecule has 1 aromatic carbocycles. The molecule has 0 aliphatic rings. The van der Waals surface area contributed by atoms with Crippen molar-refractivity contribution in [1.29, 1.82) is 0 Å². The van der Waals surface area contributed by atoms with Crippen LogP contribution in [0.2, 0.25) is 0 Å². The molecular weight excluding hydrogens is 462 g/mol. The maximum atomic E-state index is 12.0. The molecule has 0 N–H and O–H groups in total. The van der Waals surface area contributed by atoms with E-state index in [-0.39, 0.29) is 10.1 Å². The first-order valence-corrected chi connectivity index (χ1v) is 14.2. The topological polar surface area (TPSA) is 142 Å². The van der Waals surface area contributed by atoms with Crippen molar-refractivity contribution in [3.05, 3.63) is 36.5 Å². The second-order valence-corrected chi connectivity index (χ2v) is 12.5. The Morgan fingerprint density at radius 3 is 2.03 bits per heavy atom. The van der Waals surface area contributed by atoms with E-state index in [9.17, 15) is 25.3 Å². The quantitative estimate of drug-likeness (QED) is 0.512. The average Bonchev–Trinajstić information content (AvgIpc) is 3.12. The maximum absolute atomic E-state index is 12.0. The predicted molar refractivity (Wildman–Crippen MR) is 109 cm³/mol. The Balaban J connectivity index is 0.000000284. The summed E-state index contributed by atoms with van der Waals surface area (Å²) in [6, 6.07) is 9.73. The molecule has 160 valence electrons. The highest BCUT2D eigenvalue weighted by atomic mass is 32.3. The van der Waals surface area contributed by atoms with E-state index < -0.39 is 30.1 Å². The molecule has 14 heteroatoms. The molecular formula is C15H19N3O7S4. The molecule has 0 radical (unpaired) electrons. The summed E-state index contributed by atoms with van der Waals surface area (Å²) in [5.74, 6) is 0.120. The molecule has 3 rings (SSSR count). The molecule has 0 unspecified atom stereocenters. The molecule has 10 nitrogen and oxygen atoms in total. The van der Waals surface area contributed by atoms with E-state index in [4.69, 9.17) is 0 Å². The minimum absolute atomic E-state index is 0.120. The van der Waals surface area contributed by atoms with Gasteiger partial charge in [-0.05, 0) is 6.42 Å². The number of rotatable bonds is 6. The van der Waals surface area contributed by atoms with Gasteiger partial charge in [-0.15, -0.1) is 8.73 Å². The molecule has 0 atom stereocenters. The van der Waals surface area contributed by atoms with Crippen LogP contribution in [-0.4, -0.2) is 58.1 Å². The van der Waals surface area contributed by atoms with Crippen LogP contribution in [0.3, 0.4) is 0 Å². The van der Waals surface area contributed by atoms with Crippen molar-refractivity contribution >= 4 is 46.4 Å². The largest absolute Gasteiger partial charge is 0.278 e. The van der Waals surface area contributed by atoms with E-state index in [0.29, 0.717) is 23.9 Å². The van der Waals surface area contributed by atoms with Crippen molar-refractivity contribution < 1.29 is 28.9 Å². The third kappa shape index (κ3) is 7.15. The number of hydrogen-bond donors (Lipinski definition) is 0. The third-order valence-electron chi connectivity index (χ3n) is 3.08. The van der Waals surface area contributed by atoms with Crippen molar-refractivity contribution in [2.45, 2.75) is 17.7 Å². The Kier molecular flexibility index (Phi) is 7.16. The first-order valence-electron chi connectivity index (χ1n) is 8.06. The third-order valence-corrected chi connectivity index (χ3v) is 8.35. The Morgan fingerprint density at radius 2 is 1.59 bits per heavy atom. The number of fused-ring (bicyclic) bond motifs is 1. The molecule has 29 heavy (non-hydrogen) atoms. The van der Waals surface area contributed by atoms with Gasteiger partial charge in [0.15, 0.2) is 0 Å². The fourth-order valence-corrected chi connectivity index (χ4v) is 6.45. The van der Waals surface area contributed by atoms with Gasteiger partial charge < -0.3 is 0 Å². The minimum atomic E-state index is -3.87. The van der Waals surface area contributed by atoms with E-state index in [1.165, 1.54) is 4.52 Å². The van der Waals surface area contributed by atoms with E-state index in [1.54, 1.807) is 6.20 Å². The van der Waals surface area contributed by atoms with Crippen LogP contribution >= 0.6 is 11.3 Å². The molecule has 0 saturated heterocycles. The summed E-state index contributed by atoms with van der Waals surface area (Å²) in [6.07, 6.45) is 3.66. The summed E-state index contributed by atoms with van der Waals surface area (Å²) >= 11 is 1.11. The van der Waals surface area contributed by atoms with Crippen LogP contribution in [0.5, 0.6) is 0 Å². The molecule has 3 aromatic rings. The highest BCUT2D eigenvalue weighted by molar-refractivity contribution is 7.99. The monoisotopic (exact) mass is 481 g/mol. The van der Waals surface area contributed by atoms with Crippen LogP contribution in [0.15, 0.2) is 40.9 Å². The van der Waals surface area contributed by atoms with Crippen molar-refractivity contribution in [2.24, 2.45) is 0 Å². The van der Waals surface area contributed by atoms with Crippen molar-refractivity contribution in [2.75, 3.05) is 18.3 Å². The zero-order valence-electron chi connectivity index (χ0n) is 15.7. The standard InChI is InChI=1S/C13H13N3O2S2.C2H6O5S2/c1-2-8-20(17,18)13-15-16-9-11(14-12(16)19-13)10-6-4-3-5-7-10;1-8(3,4)7-9(2,5)6/h3-7,9H,2,8H2,1H3;1-2H3. The van der Waals surface area contributed by atoms with Crippen LogP contribution in [-0.2, 0) is 33.7 Å². The van der Waals surface area contributed by atoms with Crippen LogP contribution in [0, 0.1) is 0 Å². The zero-order valence-corrected chi connectivity index (χ0v) is 19.0. The van der Waals surface area contributed by atoms with E-state index >= 15 is 0 Å². The maximum Gasteiger partial charge on any atom is 0.278 e. The van der Waals surface area contributed by atoms with Gasteiger partial charge in [-0.3, -0.25) is 0 Å². The smallest absolute Gasteiger partial charge is 0.221 e. The second-order valence-electron chi connectivity index (χ2n) is 5.88. The van der Waals surface area contributed by atoms with Gasteiger partial charge in [0.25, 0.3) is 20.2 Å². The highest BCUT2D eigenvalue weighted by Gasteiger charge is 2.20. The first kappa shape index (κ1) is 23.4. The van der Waals surface area contributed by atoms with Gasteiger partial charge in [-0.1, -0.05) is 48.6 Å². The Bertz CT molecular complexity index is 1230. The summed E-state index contributed by atoms with van der Waals surface area (Å²) in [7, 11) is -11.0. The van der Waals surface area contributed by atoms with Crippen LogP contribution < -0.4 is 0 Å². The normalized spacial score (nSPS) is 12.5. The summed E-state index contributed by atoms with van der Waals surface area (Å²) in [5, 5.41) is 4.13. The van der Waals surface area contributed by atoms with Crippen LogP contribution in [0.4, 0.5) is 0 Å². The summed E-state index contributed by atoms with van der Waals surface area (Å²) < 4.78 is 69.4. The summed E-state index contributed by atoms with van der Waals surface area (Å²) in [6.45, 7) is 1.84. The number of nitrogens with zero attached hydrogens (tertiary/aromatic N) is 3. The van der Waals surface area contributed by atoms with E-state index in [2.05, 4.69) is 13.7 Å². The molecule has 0 aliphatic carbocycles. The molecule has 0 bridgehead atoms. The van der Waals surface area contributed by atoms with Crippen LogP contribution in [0.1, 0.15) is 13.3 Å². The fraction of sp³-hybridized carbons (Fsp3) is 0.333. The fourth-order valence-electron chi connectivity index (χ4n) is 2.14. The SMILES string of the molecule is CCCS(=O)(=O)c1nn2cc(-c3ccccc3)nc2s1.CS(=O)(=O)OS(C)(=O)=O. The van der Waals surface area contributed by atoms with Crippen molar-refractivity contribution in [1.82, 2.24) is 14.6 Å². The highest BCUT2D eigenvalue weighted by Crippen LogP contribution is 2.24. The number of sulfone groups is 1. The molecule has 0 spiro atoms. The molecule has 2 aromatic heterocycles. The lowest BCUT2D eigenvalue weighted by molar-refractivity contribution is 0.471. The van der Waals surface area contributed by atoms with E-state index in [0.717, 1.165) is 22.6 Å². The van der Waals surface area contributed by atoms with Crippen molar-refractivity contribution in [3.63, 3.8) is 0 Å². The predicted octanol–water partition coefficient (Wildman–Crippen LogP) is 1.56.